The van der Waals surface area contributed by atoms with Gasteiger partial charge < -0.3 is 0 Å². The van der Waals surface area contributed by atoms with E-state index in [2.05, 4.69) is 21.7 Å². The highest BCUT2D eigenvalue weighted by molar-refractivity contribution is 5.73. The molecule has 0 aromatic carbocycles. The van der Waals surface area contributed by atoms with E-state index in [1.807, 2.05) is 6.92 Å². The average molecular weight is 130 g/mol. The van der Waals surface area contributed by atoms with Gasteiger partial charge in [-0.25, -0.2) is 15.6 Å². The zero-order valence-corrected chi connectivity index (χ0v) is 5.19. The van der Waals surface area contributed by atoms with Crippen LogP contribution in [-0.2, 0) is 0 Å². The molecule has 0 bridgehead atoms. The number of amides is 2. The Kier molecular flexibility index (Phi) is 1.86. The zero-order chi connectivity index (χ0) is 6.69. The second kappa shape index (κ2) is 2.65. The molecule has 9 heavy (non-hydrogen) atoms. The molecular formula is C4H10N4O. The first-order valence-electron chi connectivity index (χ1n) is 2.90. The van der Waals surface area contributed by atoms with Crippen molar-refractivity contribution >= 4 is 6.03 Å². The molecule has 1 saturated heterocycles. The van der Waals surface area contributed by atoms with Gasteiger partial charge in [-0.05, 0) is 6.42 Å². The number of nitrogens with one attached hydrogen (secondary N) is 4. The Morgan fingerprint density at radius 2 is 2.00 bits per heavy atom. The van der Waals surface area contributed by atoms with Gasteiger partial charge in [0.1, 0.15) is 0 Å². The van der Waals surface area contributed by atoms with Crippen LogP contribution in [0.15, 0.2) is 0 Å². The summed E-state index contributed by atoms with van der Waals surface area (Å²) in [6, 6.07) is -0.250. The van der Waals surface area contributed by atoms with Gasteiger partial charge in [0.25, 0.3) is 0 Å². The van der Waals surface area contributed by atoms with Crippen molar-refractivity contribution in [3.05, 3.63) is 0 Å². The van der Waals surface area contributed by atoms with Gasteiger partial charge in [-0.3, -0.25) is 10.9 Å². The molecule has 0 aromatic heterocycles. The number of carbonyl (C=O) groups is 1. The van der Waals surface area contributed by atoms with Gasteiger partial charge in [-0.2, -0.15) is 0 Å². The van der Waals surface area contributed by atoms with Crippen molar-refractivity contribution in [2.75, 3.05) is 0 Å². The quantitative estimate of drug-likeness (QED) is 0.370. The summed E-state index contributed by atoms with van der Waals surface area (Å²) < 4.78 is 0. The number of hydrogen-bond donors (Lipinski definition) is 4. The van der Waals surface area contributed by atoms with Crippen molar-refractivity contribution in [1.29, 1.82) is 0 Å². The van der Waals surface area contributed by atoms with Crippen molar-refractivity contribution in [3.8, 4) is 0 Å². The second-order valence-electron chi connectivity index (χ2n) is 1.83. The van der Waals surface area contributed by atoms with Crippen LogP contribution < -0.4 is 21.7 Å². The molecule has 5 heteroatoms. The van der Waals surface area contributed by atoms with Crippen LogP contribution in [0.5, 0.6) is 0 Å². The molecule has 1 aliphatic heterocycles. The third-order valence-electron chi connectivity index (χ3n) is 1.13. The molecule has 0 aliphatic carbocycles. The normalized spacial score (nSPS) is 20.8. The van der Waals surface area contributed by atoms with Gasteiger partial charge in [0.05, 0.1) is 6.17 Å². The first-order chi connectivity index (χ1) is 4.33. The Morgan fingerprint density at radius 3 is 2.44 bits per heavy atom. The molecule has 1 aliphatic rings. The van der Waals surface area contributed by atoms with Gasteiger partial charge in [-0.1, -0.05) is 6.92 Å². The summed E-state index contributed by atoms with van der Waals surface area (Å²) in [5.74, 6) is 0. The molecule has 2 amide bonds. The maximum atomic E-state index is 10.4. The topological polar surface area (TPSA) is 65.2 Å². The Hall–Kier alpha value is -0.810. The van der Waals surface area contributed by atoms with E-state index >= 15 is 0 Å². The van der Waals surface area contributed by atoms with Crippen molar-refractivity contribution in [1.82, 2.24) is 21.7 Å². The van der Waals surface area contributed by atoms with Crippen LogP contribution in [0.1, 0.15) is 13.3 Å². The highest BCUT2D eigenvalue weighted by Gasteiger charge is 2.11. The Labute approximate surface area is 53.1 Å². The molecule has 1 heterocycles. The van der Waals surface area contributed by atoms with Crippen LogP contribution in [0.25, 0.3) is 0 Å². The molecule has 4 N–H and O–H groups in total. The fourth-order valence-corrected chi connectivity index (χ4v) is 0.577. The first kappa shape index (κ1) is 6.31. The number of hydrogen-bond acceptors (Lipinski definition) is 3. The molecular weight excluding hydrogens is 120 g/mol. The highest BCUT2D eigenvalue weighted by atomic mass is 16.2. The maximum Gasteiger partial charge on any atom is 0.343 e. The lowest BCUT2D eigenvalue weighted by molar-refractivity contribution is 0.203. The molecule has 1 rings (SSSR count). The second-order valence-corrected chi connectivity index (χ2v) is 1.83. The average Bonchev–Trinajstić information content (AvgIpc) is 1.90. The van der Waals surface area contributed by atoms with Crippen LogP contribution in [0.2, 0.25) is 0 Å². The van der Waals surface area contributed by atoms with Gasteiger partial charge in [-0.15, -0.1) is 0 Å². The van der Waals surface area contributed by atoms with E-state index in [-0.39, 0.29) is 12.2 Å². The van der Waals surface area contributed by atoms with E-state index < -0.39 is 0 Å². The minimum atomic E-state index is -0.250. The van der Waals surface area contributed by atoms with Crippen molar-refractivity contribution in [2.24, 2.45) is 0 Å². The third-order valence-corrected chi connectivity index (χ3v) is 1.13. The number of rotatable bonds is 1. The van der Waals surface area contributed by atoms with Crippen LogP contribution in [0.4, 0.5) is 4.79 Å². The van der Waals surface area contributed by atoms with Gasteiger partial charge >= 0.3 is 6.03 Å². The van der Waals surface area contributed by atoms with E-state index in [1.54, 1.807) is 0 Å². The van der Waals surface area contributed by atoms with Crippen LogP contribution in [-0.4, -0.2) is 12.2 Å². The molecule has 0 radical (unpaired) electrons. The minimum absolute atomic E-state index is 0.127. The standard InChI is InChI=1S/C4H10N4O/c1-2-3-5-7-4(9)8-6-3/h3,5-6H,2H2,1H3,(H2,7,8,9). The van der Waals surface area contributed by atoms with E-state index in [9.17, 15) is 4.79 Å². The van der Waals surface area contributed by atoms with Gasteiger partial charge in [0, 0.05) is 0 Å². The van der Waals surface area contributed by atoms with Crippen LogP contribution in [0.3, 0.4) is 0 Å². The highest BCUT2D eigenvalue weighted by Crippen LogP contribution is 1.83. The Bertz CT molecular complexity index is 105. The summed E-state index contributed by atoms with van der Waals surface area (Å²) in [7, 11) is 0. The van der Waals surface area contributed by atoms with Crippen molar-refractivity contribution in [3.63, 3.8) is 0 Å². The van der Waals surface area contributed by atoms with E-state index in [4.69, 9.17) is 0 Å². The van der Waals surface area contributed by atoms with Crippen molar-refractivity contribution in [2.45, 2.75) is 19.5 Å². The SMILES string of the molecule is CCC1NNC(=O)NN1. The third kappa shape index (κ3) is 1.55. The molecule has 0 unspecified atom stereocenters. The lowest BCUT2D eigenvalue weighted by Crippen LogP contribution is -2.65. The van der Waals surface area contributed by atoms with E-state index in [0.29, 0.717) is 0 Å². The molecule has 0 saturated carbocycles. The summed E-state index contributed by atoms with van der Waals surface area (Å²) in [6.45, 7) is 2.00. The summed E-state index contributed by atoms with van der Waals surface area (Å²) in [5.41, 5.74) is 10.3. The summed E-state index contributed by atoms with van der Waals surface area (Å²) in [4.78, 5) is 10.4. The summed E-state index contributed by atoms with van der Waals surface area (Å²) in [5, 5.41) is 0. The van der Waals surface area contributed by atoms with Crippen LogP contribution >= 0.6 is 0 Å². The number of carbonyl (C=O) groups excluding carboxylic acids is 1. The largest absolute Gasteiger partial charge is 0.343 e. The Balaban J connectivity index is 2.26. The fourth-order valence-electron chi connectivity index (χ4n) is 0.577. The predicted molar refractivity (Wildman–Crippen MR) is 32.0 cm³/mol. The predicted octanol–water partition coefficient (Wildman–Crippen LogP) is -0.955. The summed E-state index contributed by atoms with van der Waals surface area (Å²) in [6.07, 6.45) is 1.04. The lowest BCUT2D eigenvalue weighted by Gasteiger charge is -2.24. The number of hydrazine groups is 2. The smallest absolute Gasteiger partial charge is 0.271 e. The molecule has 0 atom stereocenters. The zero-order valence-electron chi connectivity index (χ0n) is 5.19. The van der Waals surface area contributed by atoms with Gasteiger partial charge in [0.2, 0.25) is 0 Å². The van der Waals surface area contributed by atoms with E-state index in [0.717, 1.165) is 6.42 Å². The Morgan fingerprint density at radius 1 is 1.44 bits per heavy atom. The van der Waals surface area contributed by atoms with Gasteiger partial charge in [0.15, 0.2) is 0 Å². The molecule has 5 nitrogen and oxygen atoms in total. The monoisotopic (exact) mass is 130 g/mol. The van der Waals surface area contributed by atoms with Crippen molar-refractivity contribution < 1.29 is 4.79 Å². The minimum Gasteiger partial charge on any atom is -0.271 e. The van der Waals surface area contributed by atoms with Crippen LogP contribution in [0, 0.1) is 0 Å². The molecule has 0 spiro atoms. The molecule has 0 aromatic rings. The first-order valence-corrected chi connectivity index (χ1v) is 2.90. The van der Waals surface area contributed by atoms with E-state index in [1.165, 1.54) is 0 Å². The lowest BCUT2D eigenvalue weighted by atomic mass is 10.4. The fraction of sp³-hybridized carbons (Fsp3) is 0.750. The molecule has 1 fully saturated rings. The summed E-state index contributed by atoms with van der Waals surface area (Å²) >= 11 is 0. The molecule has 52 valence electrons. The number of urea groups is 1. The maximum absolute atomic E-state index is 10.4.